The molecule has 2 aliphatic rings. The lowest BCUT2D eigenvalue weighted by molar-refractivity contribution is 0.0134. The molecule has 0 N–H and O–H groups in total. The first-order valence-corrected chi connectivity index (χ1v) is 11.6. The first-order valence-electron chi connectivity index (χ1n) is 11.2. The average Bonchev–Trinajstić information content (AvgIpc) is 3.52. The van der Waals surface area contributed by atoms with Crippen molar-refractivity contribution >= 4 is 18.3 Å². The lowest BCUT2D eigenvalue weighted by Crippen LogP contribution is -2.47. The number of aromatic nitrogens is 3. The minimum absolute atomic E-state index is 0.197. The summed E-state index contributed by atoms with van der Waals surface area (Å²) in [4.78, 5) is 16.5. The van der Waals surface area contributed by atoms with Gasteiger partial charge in [-0.3, -0.25) is 9.47 Å². The number of ether oxygens (including phenoxy) is 1. The molecule has 1 aromatic heterocycles. The topological polar surface area (TPSA) is 55.5 Å². The largest absolute Gasteiger partial charge is 0.444 e. The third-order valence-electron chi connectivity index (χ3n) is 5.94. The smallest absolute Gasteiger partial charge is 0.410 e. The Kier molecular flexibility index (Phi) is 6.21. The number of benzene rings is 1. The molecule has 1 amide bonds. The fraction of sp³-hybridized carbons (Fsp3) is 0.609. The molecule has 0 radical (unpaired) electrons. The van der Waals surface area contributed by atoms with E-state index >= 15 is 0 Å². The van der Waals surface area contributed by atoms with Crippen LogP contribution in [0.1, 0.15) is 58.2 Å². The highest BCUT2D eigenvalue weighted by atomic mass is 32.1. The predicted molar refractivity (Wildman–Crippen MR) is 123 cm³/mol. The number of hydrogen-bond donors (Lipinski definition) is 0. The molecule has 8 heteroatoms. The minimum Gasteiger partial charge on any atom is -0.444 e. The van der Waals surface area contributed by atoms with Gasteiger partial charge in [-0.25, -0.2) is 9.48 Å². The lowest BCUT2D eigenvalue weighted by Gasteiger charge is -2.37. The van der Waals surface area contributed by atoms with E-state index in [1.807, 2.05) is 50.7 Å². The van der Waals surface area contributed by atoms with Crippen molar-refractivity contribution in [2.24, 2.45) is 0 Å². The van der Waals surface area contributed by atoms with Crippen LogP contribution < -0.4 is 0 Å². The average molecular weight is 444 g/mol. The Hall–Kier alpha value is -2.19. The second-order valence-corrected chi connectivity index (χ2v) is 10.0. The third-order valence-corrected chi connectivity index (χ3v) is 6.33. The molecule has 2 aromatic rings. The number of likely N-dealkylation sites (tertiary alicyclic amines) is 1. The summed E-state index contributed by atoms with van der Waals surface area (Å²) < 4.78 is 10.4. The summed E-state index contributed by atoms with van der Waals surface area (Å²) >= 11 is 5.83. The molecule has 2 fully saturated rings. The molecule has 1 saturated heterocycles. The minimum atomic E-state index is -0.473. The van der Waals surface area contributed by atoms with Gasteiger partial charge < -0.3 is 9.64 Å². The zero-order valence-electron chi connectivity index (χ0n) is 19.0. The van der Waals surface area contributed by atoms with Crippen molar-refractivity contribution in [3.05, 3.63) is 40.9 Å². The fourth-order valence-electron chi connectivity index (χ4n) is 4.06. The molecule has 31 heavy (non-hydrogen) atoms. The van der Waals surface area contributed by atoms with Crippen LogP contribution in [0.3, 0.4) is 0 Å². The monoisotopic (exact) mass is 443 g/mol. The summed E-state index contributed by atoms with van der Waals surface area (Å²) in [6.45, 7) is 8.18. The third kappa shape index (κ3) is 5.18. The lowest BCUT2D eigenvalue weighted by atomic mass is 10.0. The Morgan fingerprint density at radius 1 is 1.16 bits per heavy atom. The van der Waals surface area contributed by atoms with E-state index in [9.17, 15) is 4.79 Å². The summed E-state index contributed by atoms with van der Waals surface area (Å²) in [7, 11) is 1.84. The maximum Gasteiger partial charge on any atom is 0.410 e. The number of piperidine rings is 1. The number of amides is 1. The molecule has 0 atom stereocenters. The second kappa shape index (κ2) is 8.74. The van der Waals surface area contributed by atoms with Crippen LogP contribution in [0.2, 0.25) is 0 Å². The summed E-state index contributed by atoms with van der Waals surface area (Å²) in [6, 6.07) is 10.5. The van der Waals surface area contributed by atoms with Gasteiger partial charge in [-0.2, -0.15) is 5.10 Å². The Labute approximate surface area is 189 Å². The molecule has 1 aliphatic carbocycles. The number of hydrogen-bond acceptors (Lipinski definition) is 5. The molecule has 0 spiro atoms. The van der Waals surface area contributed by atoms with Gasteiger partial charge in [0.05, 0.1) is 6.67 Å². The van der Waals surface area contributed by atoms with Crippen LogP contribution in [-0.4, -0.2) is 62.0 Å². The van der Waals surface area contributed by atoms with E-state index in [0.717, 1.165) is 42.2 Å². The summed E-state index contributed by atoms with van der Waals surface area (Å²) in [6.07, 6.45) is 3.95. The molecule has 1 saturated carbocycles. The number of carbonyl (C=O) groups excluding carboxylic acids is 1. The van der Waals surface area contributed by atoms with Gasteiger partial charge in [0.1, 0.15) is 11.4 Å². The molecular weight excluding hydrogens is 410 g/mol. The van der Waals surface area contributed by atoms with Crippen molar-refractivity contribution in [1.82, 2.24) is 24.1 Å². The maximum atomic E-state index is 12.4. The molecule has 1 aliphatic heterocycles. The molecule has 7 nitrogen and oxygen atoms in total. The van der Waals surface area contributed by atoms with Crippen LogP contribution in [0.5, 0.6) is 0 Å². The van der Waals surface area contributed by atoms with Gasteiger partial charge in [0.2, 0.25) is 4.77 Å². The van der Waals surface area contributed by atoms with Crippen molar-refractivity contribution in [1.29, 1.82) is 0 Å². The van der Waals surface area contributed by atoms with Crippen molar-refractivity contribution in [3.8, 4) is 5.69 Å². The normalized spacial score (nSPS) is 18.2. The Balaban J connectivity index is 1.41. The Bertz CT molecular complexity index is 966. The number of rotatable bonds is 5. The van der Waals surface area contributed by atoms with Crippen LogP contribution in [0.15, 0.2) is 30.3 Å². The second-order valence-electron chi connectivity index (χ2n) is 9.67. The van der Waals surface area contributed by atoms with Gasteiger partial charge in [0, 0.05) is 37.8 Å². The Morgan fingerprint density at radius 2 is 1.81 bits per heavy atom. The van der Waals surface area contributed by atoms with E-state index in [2.05, 4.69) is 21.6 Å². The van der Waals surface area contributed by atoms with Gasteiger partial charge in [-0.05, 0) is 70.8 Å². The van der Waals surface area contributed by atoms with Gasteiger partial charge >= 0.3 is 6.09 Å². The van der Waals surface area contributed by atoms with Gasteiger partial charge in [0.15, 0.2) is 0 Å². The number of para-hydroxylation sites is 1. The van der Waals surface area contributed by atoms with Crippen molar-refractivity contribution in [3.63, 3.8) is 0 Å². The van der Waals surface area contributed by atoms with Gasteiger partial charge in [0.25, 0.3) is 0 Å². The predicted octanol–water partition coefficient (Wildman–Crippen LogP) is 4.57. The fourth-order valence-corrected chi connectivity index (χ4v) is 4.36. The zero-order chi connectivity index (χ0) is 22.2. The van der Waals surface area contributed by atoms with Gasteiger partial charge in [-0.1, -0.05) is 18.2 Å². The zero-order valence-corrected chi connectivity index (χ0v) is 19.8. The van der Waals surface area contributed by atoms with E-state index in [1.54, 1.807) is 4.90 Å². The quantitative estimate of drug-likeness (QED) is 0.634. The maximum absolute atomic E-state index is 12.4. The van der Waals surface area contributed by atoms with Crippen LogP contribution in [0.25, 0.3) is 5.69 Å². The van der Waals surface area contributed by atoms with Crippen LogP contribution in [0, 0.1) is 4.77 Å². The highest BCUT2D eigenvalue weighted by Gasteiger charge is 2.32. The summed E-state index contributed by atoms with van der Waals surface area (Å²) in [5, 5.41) is 4.91. The Morgan fingerprint density at radius 3 is 2.39 bits per heavy atom. The molecule has 2 heterocycles. The summed E-state index contributed by atoms with van der Waals surface area (Å²) in [5.74, 6) is 1.59. The van der Waals surface area contributed by atoms with Crippen molar-refractivity contribution in [2.45, 2.75) is 70.7 Å². The van der Waals surface area contributed by atoms with Crippen LogP contribution in [0.4, 0.5) is 4.79 Å². The van der Waals surface area contributed by atoms with E-state index in [-0.39, 0.29) is 12.1 Å². The molecular formula is C23H33N5O2S. The molecule has 0 unspecified atom stereocenters. The highest BCUT2D eigenvalue weighted by molar-refractivity contribution is 7.71. The molecule has 1 aromatic carbocycles. The standard InChI is InChI=1S/C23H33N5O2S/c1-23(2,3)30-22(29)25(4)18-12-14-26(15-13-18)16-27-21(31)28(19-8-6-5-7-9-19)20(24-27)17-10-11-17/h5-9,17-18H,10-16H2,1-4H3. The summed E-state index contributed by atoms with van der Waals surface area (Å²) in [5.41, 5.74) is 0.609. The number of nitrogens with zero attached hydrogens (tertiary/aromatic N) is 5. The molecule has 0 bridgehead atoms. The van der Waals surface area contributed by atoms with Crippen molar-refractivity contribution < 1.29 is 9.53 Å². The highest BCUT2D eigenvalue weighted by Crippen LogP contribution is 2.40. The van der Waals surface area contributed by atoms with Crippen LogP contribution >= 0.6 is 12.2 Å². The van der Waals surface area contributed by atoms with E-state index in [0.29, 0.717) is 12.6 Å². The van der Waals surface area contributed by atoms with E-state index < -0.39 is 5.60 Å². The SMILES string of the molecule is CN(C(=O)OC(C)(C)C)C1CCN(Cn2nc(C3CC3)n(-c3ccccc3)c2=S)CC1. The van der Waals surface area contributed by atoms with Crippen molar-refractivity contribution in [2.75, 3.05) is 20.1 Å². The first kappa shape index (κ1) is 22.0. The van der Waals surface area contributed by atoms with E-state index in [1.165, 1.54) is 12.8 Å². The van der Waals surface area contributed by atoms with Gasteiger partial charge in [-0.15, -0.1) is 0 Å². The molecule has 168 valence electrons. The molecule has 4 rings (SSSR count). The number of carbonyl (C=O) groups is 1. The van der Waals surface area contributed by atoms with E-state index in [4.69, 9.17) is 22.1 Å². The van der Waals surface area contributed by atoms with Crippen LogP contribution in [-0.2, 0) is 11.4 Å². The first-order chi connectivity index (χ1) is 14.7.